The first-order valence-corrected chi connectivity index (χ1v) is 12.9. The monoisotopic (exact) mass is 464 g/mol. The number of benzene rings is 1. The molecule has 0 saturated heterocycles. The molecule has 0 spiro atoms. The summed E-state index contributed by atoms with van der Waals surface area (Å²) in [6.45, 7) is 6.19. The summed E-state index contributed by atoms with van der Waals surface area (Å²) in [5.41, 5.74) is 1.16. The summed E-state index contributed by atoms with van der Waals surface area (Å²) in [4.78, 5) is 16.3. The Balaban J connectivity index is 1.54. The molecule has 1 amide bonds. The maximum absolute atomic E-state index is 13.5. The number of amides is 1. The molecule has 31 heavy (non-hydrogen) atoms. The van der Waals surface area contributed by atoms with Gasteiger partial charge in [0.05, 0.1) is 11.4 Å². The lowest BCUT2D eigenvalue weighted by molar-refractivity contribution is -0.132. The molecule has 0 saturated carbocycles. The van der Waals surface area contributed by atoms with Crippen molar-refractivity contribution in [2.45, 2.75) is 38.1 Å². The Morgan fingerprint density at radius 1 is 1.19 bits per heavy atom. The molecule has 168 valence electrons. The summed E-state index contributed by atoms with van der Waals surface area (Å²) in [5, 5.41) is 2.04. The second-order valence-corrected chi connectivity index (χ2v) is 11.2. The molecule has 1 aromatic carbocycles. The summed E-state index contributed by atoms with van der Waals surface area (Å²) in [5.74, 6) is 1.11. The van der Waals surface area contributed by atoms with E-state index in [1.54, 1.807) is 22.3 Å². The second kappa shape index (κ2) is 9.18. The zero-order valence-corrected chi connectivity index (χ0v) is 19.5. The Hall–Kier alpha value is -2.10. The molecule has 7 nitrogen and oxygen atoms in total. The molecule has 2 aliphatic heterocycles. The molecule has 2 aliphatic rings. The standard InChI is InChI=1S/C22H28N2O5S2/c1-16(2)5-9-24(15-22(25)23-8-6-21-17(14-23)7-12-30-21)31(26,27)18-3-4-19-20(13-18)29-11-10-28-19/h3-4,7,12-13,16H,5-6,8-11,14-15H2,1-2H3. The molecule has 3 heterocycles. The van der Waals surface area contributed by atoms with Crippen LogP contribution in [0.2, 0.25) is 0 Å². The van der Waals surface area contributed by atoms with Gasteiger partial charge in [0.2, 0.25) is 15.9 Å². The molecule has 0 unspecified atom stereocenters. The highest BCUT2D eigenvalue weighted by Crippen LogP contribution is 2.33. The minimum absolute atomic E-state index is 0.118. The van der Waals surface area contributed by atoms with Gasteiger partial charge >= 0.3 is 0 Å². The quantitative estimate of drug-likeness (QED) is 0.629. The second-order valence-electron chi connectivity index (χ2n) is 8.26. The fourth-order valence-corrected chi connectivity index (χ4v) is 6.04. The van der Waals surface area contributed by atoms with Gasteiger partial charge in [-0.3, -0.25) is 4.79 Å². The Bertz CT molecular complexity index is 1050. The molecule has 1 aromatic heterocycles. The minimum atomic E-state index is -3.86. The smallest absolute Gasteiger partial charge is 0.243 e. The van der Waals surface area contributed by atoms with Crippen molar-refractivity contribution in [3.8, 4) is 11.5 Å². The van der Waals surface area contributed by atoms with Crippen LogP contribution < -0.4 is 9.47 Å². The molecule has 9 heteroatoms. The highest BCUT2D eigenvalue weighted by atomic mass is 32.2. The third kappa shape index (κ3) is 4.88. The minimum Gasteiger partial charge on any atom is -0.486 e. The third-order valence-electron chi connectivity index (χ3n) is 5.58. The maximum Gasteiger partial charge on any atom is 0.243 e. The average molecular weight is 465 g/mol. The van der Waals surface area contributed by atoms with Gasteiger partial charge in [-0.25, -0.2) is 8.42 Å². The Morgan fingerprint density at radius 2 is 1.97 bits per heavy atom. The average Bonchev–Trinajstić information content (AvgIpc) is 3.23. The van der Waals surface area contributed by atoms with Crippen LogP contribution in [0.15, 0.2) is 34.5 Å². The highest BCUT2D eigenvalue weighted by Gasteiger charge is 2.31. The summed E-state index contributed by atoms with van der Waals surface area (Å²) in [6, 6.07) is 6.68. The predicted molar refractivity (Wildman–Crippen MR) is 119 cm³/mol. The molecule has 0 aliphatic carbocycles. The number of ether oxygens (including phenoxy) is 2. The number of thiophene rings is 1. The number of hydrogen-bond donors (Lipinski definition) is 0. The molecule has 0 bridgehead atoms. The summed E-state index contributed by atoms with van der Waals surface area (Å²) in [7, 11) is -3.86. The molecule has 2 aromatic rings. The molecular formula is C22H28N2O5S2. The number of fused-ring (bicyclic) bond motifs is 2. The largest absolute Gasteiger partial charge is 0.486 e. The van der Waals surface area contributed by atoms with Crippen molar-refractivity contribution in [1.29, 1.82) is 0 Å². The maximum atomic E-state index is 13.5. The van der Waals surface area contributed by atoms with E-state index in [0.29, 0.717) is 50.1 Å². The van der Waals surface area contributed by atoms with Gasteiger partial charge in [0.1, 0.15) is 13.2 Å². The van der Waals surface area contributed by atoms with E-state index in [0.717, 1.165) is 12.0 Å². The zero-order valence-electron chi connectivity index (χ0n) is 17.9. The van der Waals surface area contributed by atoms with Crippen molar-refractivity contribution in [3.63, 3.8) is 0 Å². The molecule has 0 fully saturated rings. The van der Waals surface area contributed by atoms with Gasteiger partial charge < -0.3 is 14.4 Å². The first-order chi connectivity index (χ1) is 14.8. The van der Waals surface area contributed by atoms with Crippen LogP contribution in [0.5, 0.6) is 11.5 Å². The van der Waals surface area contributed by atoms with E-state index in [1.165, 1.54) is 21.3 Å². The van der Waals surface area contributed by atoms with Crippen LogP contribution in [0.4, 0.5) is 0 Å². The topological polar surface area (TPSA) is 76.2 Å². The van der Waals surface area contributed by atoms with E-state index in [4.69, 9.17) is 9.47 Å². The van der Waals surface area contributed by atoms with Crippen molar-refractivity contribution < 1.29 is 22.7 Å². The number of rotatable bonds is 7. The zero-order chi connectivity index (χ0) is 22.0. The van der Waals surface area contributed by atoms with Crippen LogP contribution in [-0.2, 0) is 27.8 Å². The number of carbonyl (C=O) groups is 1. The lowest BCUT2D eigenvalue weighted by Gasteiger charge is -2.30. The van der Waals surface area contributed by atoms with Crippen molar-refractivity contribution in [2.75, 3.05) is 32.8 Å². The SMILES string of the molecule is CC(C)CCN(CC(=O)N1CCc2sccc2C1)S(=O)(=O)c1ccc2c(c1)OCCO2. The van der Waals surface area contributed by atoms with Gasteiger partial charge in [0.15, 0.2) is 11.5 Å². The van der Waals surface area contributed by atoms with Crippen molar-refractivity contribution in [1.82, 2.24) is 9.21 Å². The van der Waals surface area contributed by atoms with Crippen molar-refractivity contribution in [2.24, 2.45) is 5.92 Å². The van der Waals surface area contributed by atoms with Crippen molar-refractivity contribution >= 4 is 27.3 Å². The van der Waals surface area contributed by atoms with Gasteiger partial charge in [-0.05, 0) is 47.9 Å². The van der Waals surface area contributed by atoms with Crippen LogP contribution in [-0.4, -0.2) is 56.4 Å². The van der Waals surface area contributed by atoms with Crippen LogP contribution in [0, 0.1) is 5.92 Å². The highest BCUT2D eigenvalue weighted by molar-refractivity contribution is 7.89. The number of sulfonamides is 1. The summed E-state index contributed by atoms with van der Waals surface area (Å²) in [6.07, 6.45) is 1.49. The molecule has 4 rings (SSSR count). The van der Waals surface area contributed by atoms with E-state index < -0.39 is 10.0 Å². The Morgan fingerprint density at radius 3 is 2.74 bits per heavy atom. The molecular weight excluding hydrogens is 436 g/mol. The van der Waals surface area contributed by atoms with Crippen LogP contribution >= 0.6 is 11.3 Å². The Labute approximate surface area is 187 Å². The van der Waals surface area contributed by atoms with Gasteiger partial charge in [-0.1, -0.05) is 13.8 Å². The Kier molecular flexibility index (Phi) is 6.55. The van der Waals surface area contributed by atoms with E-state index in [1.807, 2.05) is 25.3 Å². The van der Waals surface area contributed by atoms with E-state index in [9.17, 15) is 13.2 Å². The van der Waals surface area contributed by atoms with E-state index in [2.05, 4.69) is 0 Å². The molecule has 0 radical (unpaired) electrons. The summed E-state index contributed by atoms with van der Waals surface area (Å²) < 4.78 is 39.3. The van der Waals surface area contributed by atoms with Crippen LogP contribution in [0.3, 0.4) is 0 Å². The van der Waals surface area contributed by atoms with E-state index in [-0.39, 0.29) is 23.9 Å². The van der Waals surface area contributed by atoms with Gasteiger partial charge in [0.25, 0.3) is 0 Å². The predicted octanol–water partition coefficient (Wildman–Crippen LogP) is 3.14. The van der Waals surface area contributed by atoms with Gasteiger partial charge in [0, 0.05) is 30.6 Å². The van der Waals surface area contributed by atoms with Crippen LogP contribution in [0.25, 0.3) is 0 Å². The molecule has 0 N–H and O–H groups in total. The number of hydrogen-bond acceptors (Lipinski definition) is 6. The number of nitrogens with zero attached hydrogens (tertiary/aromatic N) is 2. The lowest BCUT2D eigenvalue weighted by atomic mass is 10.1. The van der Waals surface area contributed by atoms with E-state index >= 15 is 0 Å². The molecule has 0 atom stereocenters. The van der Waals surface area contributed by atoms with Crippen LogP contribution in [0.1, 0.15) is 30.7 Å². The number of carbonyl (C=O) groups excluding carboxylic acids is 1. The fourth-order valence-electron chi connectivity index (χ4n) is 3.73. The van der Waals surface area contributed by atoms with Gasteiger partial charge in [-0.15, -0.1) is 11.3 Å². The van der Waals surface area contributed by atoms with Crippen molar-refractivity contribution in [3.05, 3.63) is 40.1 Å². The fraction of sp³-hybridized carbons (Fsp3) is 0.500. The summed E-state index contributed by atoms with van der Waals surface area (Å²) >= 11 is 1.71. The first kappa shape index (κ1) is 22.1. The lowest BCUT2D eigenvalue weighted by Crippen LogP contribution is -2.44. The van der Waals surface area contributed by atoms with Gasteiger partial charge in [-0.2, -0.15) is 4.31 Å². The normalized spacial score (nSPS) is 15.9. The third-order valence-corrected chi connectivity index (χ3v) is 8.44. The first-order valence-electron chi connectivity index (χ1n) is 10.6.